The maximum absolute atomic E-state index is 13.7. The van der Waals surface area contributed by atoms with Crippen LogP contribution in [0.4, 0.5) is 4.39 Å². The van der Waals surface area contributed by atoms with Gasteiger partial charge in [0.25, 0.3) is 0 Å². The second kappa shape index (κ2) is 5.95. The summed E-state index contributed by atoms with van der Waals surface area (Å²) in [7, 11) is 1.33. The molecule has 1 aliphatic heterocycles. The van der Waals surface area contributed by atoms with E-state index < -0.39 is 11.6 Å². The van der Waals surface area contributed by atoms with Crippen molar-refractivity contribution >= 4 is 17.6 Å². The van der Waals surface area contributed by atoms with E-state index >= 15 is 0 Å². The molecule has 1 saturated heterocycles. The number of rotatable bonds is 4. The van der Waals surface area contributed by atoms with Crippen LogP contribution < -0.4 is 4.74 Å². The van der Waals surface area contributed by atoms with Crippen LogP contribution in [0.25, 0.3) is 0 Å². The number of carbonyl (C=O) groups excluding carboxylic acids is 3. The molecule has 2 amide bonds. The first-order valence-corrected chi connectivity index (χ1v) is 7.40. The van der Waals surface area contributed by atoms with Crippen LogP contribution in [0, 0.1) is 17.7 Å². The van der Waals surface area contributed by atoms with Crippen LogP contribution >= 0.6 is 0 Å². The fourth-order valence-electron chi connectivity index (χ4n) is 3.10. The summed E-state index contributed by atoms with van der Waals surface area (Å²) in [6.45, 7) is -0.351. The number of fused-ring (bicyclic) bond motifs is 1. The normalized spacial score (nSPS) is 23.1. The highest BCUT2D eigenvalue weighted by atomic mass is 19.1. The minimum atomic E-state index is -0.657. The Hall–Kier alpha value is -2.50. The molecule has 0 aromatic heterocycles. The first kappa shape index (κ1) is 15.4. The Morgan fingerprint density at radius 1 is 1.22 bits per heavy atom. The van der Waals surface area contributed by atoms with Gasteiger partial charge in [-0.15, -0.1) is 0 Å². The minimum Gasteiger partial charge on any atom is -0.494 e. The van der Waals surface area contributed by atoms with Gasteiger partial charge in [-0.3, -0.25) is 19.3 Å². The average Bonchev–Trinajstić information content (AvgIpc) is 2.80. The van der Waals surface area contributed by atoms with Crippen LogP contribution in [-0.2, 0) is 9.59 Å². The maximum Gasteiger partial charge on any atom is 0.233 e. The Balaban J connectivity index is 1.77. The van der Waals surface area contributed by atoms with E-state index in [-0.39, 0.29) is 41.5 Å². The summed E-state index contributed by atoms with van der Waals surface area (Å²) >= 11 is 0. The molecule has 1 aromatic rings. The van der Waals surface area contributed by atoms with Crippen molar-refractivity contribution in [2.75, 3.05) is 13.7 Å². The molecule has 1 fully saturated rings. The number of ketones is 1. The zero-order chi connectivity index (χ0) is 16.6. The molecule has 120 valence electrons. The second-order valence-corrected chi connectivity index (χ2v) is 5.69. The number of amides is 2. The number of allylic oxidation sites excluding steroid dienone is 2. The molecule has 0 bridgehead atoms. The molecule has 0 spiro atoms. The molecule has 23 heavy (non-hydrogen) atoms. The zero-order valence-corrected chi connectivity index (χ0v) is 12.6. The van der Waals surface area contributed by atoms with Crippen LogP contribution in [0.3, 0.4) is 0 Å². The molecular formula is C17H16FNO4. The van der Waals surface area contributed by atoms with Crippen molar-refractivity contribution in [2.24, 2.45) is 11.8 Å². The van der Waals surface area contributed by atoms with E-state index in [1.54, 1.807) is 0 Å². The van der Waals surface area contributed by atoms with Crippen LogP contribution in [-0.4, -0.2) is 36.2 Å². The Bertz CT molecular complexity index is 687. The largest absolute Gasteiger partial charge is 0.494 e. The summed E-state index contributed by atoms with van der Waals surface area (Å²) in [5.41, 5.74) is 0.108. The number of halogens is 1. The molecular weight excluding hydrogens is 301 g/mol. The molecule has 6 heteroatoms. The van der Waals surface area contributed by atoms with Gasteiger partial charge in [-0.25, -0.2) is 4.39 Å². The summed E-state index contributed by atoms with van der Waals surface area (Å²) in [6, 6.07) is 3.82. The third-order valence-corrected chi connectivity index (χ3v) is 4.37. The van der Waals surface area contributed by atoms with Gasteiger partial charge in [-0.05, 0) is 31.0 Å². The molecule has 1 aliphatic carbocycles. The highest BCUT2D eigenvalue weighted by molar-refractivity contribution is 6.10. The number of nitrogens with zero attached hydrogens (tertiary/aromatic N) is 1. The lowest BCUT2D eigenvalue weighted by Gasteiger charge is -2.14. The minimum absolute atomic E-state index is 0.0342. The monoisotopic (exact) mass is 317 g/mol. The average molecular weight is 317 g/mol. The van der Waals surface area contributed by atoms with Gasteiger partial charge < -0.3 is 4.74 Å². The SMILES string of the molecule is COc1ccc(C(=O)CN2C(=O)C3CC=CCC3C2=O)cc1F. The first-order chi connectivity index (χ1) is 11.0. The Morgan fingerprint density at radius 3 is 2.35 bits per heavy atom. The molecule has 2 atom stereocenters. The van der Waals surface area contributed by atoms with E-state index in [9.17, 15) is 18.8 Å². The van der Waals surface area contributed by atoms with Crippen molar-refractivity contribution < 1.29 is 23.5 Å². The number of methoxy groups -OCH3 is 1. The summed E-state index contributed by atoms with van der Waals surface area (Å²) in [5, 5.41) is 0. The molecule has 0 radical (unpaired) electrons. The van der Waals surface area contributed by atoms with Gasteiger partial charge in [0, 0.05) is 5.56 Å². The lowest BCUT2D eigenvalue weighted by Crippen LogP contribution is -2.36. The molecule has 2 aliphatic rings. The first-order valence-electron chi connectivity index (χ1n) is 7.40. The lowest BCUT2D eigenvalue weighted by molar-refractivity contribution is -0.139. The fourth-order valence-corrected chi connectivity index (χ4v) is 3.10. The van der Waals surface area contributed by atoms with Crippen molar-refractivity contribution in [3.63, 3.8) is 0 Å². The van der Waals surface area contributed by atoms with Crippen LogP contribution in [0.15, 0.2) is 30.4 Å². The highest BCUT2D eigenvalue weighted by Crippen LogP contribution is 2.35. The van der Waals surface area contributed by atoms with E-state index in [0.717, 1.165) is 11.0 Å². The van der Waals surface area contributed by atoms with E-state index in [0.29, 0.717) is 12.8 Å². The van der Waals surface area contributed by atoms with Crippen molar-refractivity contribution in [1.82, 2.24) is 4.90 Å². The summed E-state index contributed by atoms with van der Waals surface area (Å²) in [4.78, 5) is 37.9. The van der Waals surface area contributed by atoms with Crippen LogP contribution in [0.2, 0.25) is 0 Å². The van der Waals surface area contributed by atoms with Gasteiger partial charge >= 0.3 is 0 Å². The number of Topliss-reactive ketones (excluding diaryl/α,β-unsaturated/α-hetero) is 1. The van der Waals surface area contributed by atoms with Crippen molar-refractivity contribution in [3.8, 4) is 5.75 Å². The number of benzene rings is 1. The number of ether oxygens (including phenoxy) is 1. The Kier molecular flexibility index (Phi) is 3.98. The van der Waals surface area contributed by atoms with Gasteiger partial charge in [0.1, 0.15) is 0 Å². The third-order valence-electron chi connectivity index (χ3n) is 4.37. The third kappa shape index (κ3) is 2.65. The van der Waals surface area contributed by atoms with Gasteiger partial charge in [-0.2, -0.15) is 0 Å². The molecule has 5 nitrogen and oxygen atoms in total. The quantitative estimate of drug-likeness (QED) is 0.484. The van der Waals surface area contributed by atoms with E-state index in [4.69, 9.17) is 4.74 Å². The van der Waals surface area contributed by atoms with Crippen molar-refractivity contribution in [1.29, 1.82) is 0 Å². The highest BCUT2D eigenvalue weighted by Gasteiger charge is 2.47. The Labute approximate surface area is 132 Å². The number of likely N-dealkylation sites (tertiary alicyclic amines) is 1. The second-order valence-electron chi connectivity index (χ2n) is 5.69. The predicted molar refractivity (Wildman–Crippen MR) is 79.4 cm³/mol. The predicted octanol–water partition coefficient (Wildman–Crippen LogP) is 1.97. The fraction of sp³-hybridized carbons (Fsp3) is 0.353. The summed E-state index contributed by atoms with van der Waals surface area (Å²) < 4.78 is 18.5. The topological polar surface area (TPSA) is 63.7 Å². The Morgan fingerprint density at radius 2 is 1.83 bits per heavy atom. The van der Waals surface area contributed by atoms with Crippen molar-refractivity contribution in [3.05, 3.63) is 41.7 Å². The molecule has 2 unspecified atom stereocenters. The molecule has 1 heterocycles. The number of hydrogen-bond donors (Lipinski definition) is 0. The standard InChI is InChI=1S/C17H16FNO4/c1-23-15-7-6-10(8-13(15)18)14(20)9-19-16(21)11-4-2-3-5-12(11)17(19)22/h2-3,6-8,11-12H,4-5,9H2,1H3. The van der Waals surface area contributed by atoms with Crippen LogP contribution in [0.1, 0.15) is 23.2 Å². The molecule has 1 aromatic carbocycles. The van der Waals surface area contributed by atoms with Gasteiger partial charge in [-0.1, -0.05) is 12.2 Å². The number of imide groups is 1. The van der Waals surface area contributed by atoms with Gasteiger partial charge in [0.05, 0.1) is 25.5 Å². The smallest absolute Gasteiger partial charge is 0.233 e. The molecule has 3 rings (SSSR count). The molecule has 0 saturated carbocycles. The zero-order valence-electron chi connectivity index (χ0n) is 12.6. The van der Waals surface area contributed by atoms with Gasteiger partial charge in [0.15, 0.2) is 17.3 Å². The van der Waals surface area contributed by atoms with Crippen LogP contribution in [0.5, 0.6) is 5.75 Å². The lowest BCUT2D eigenvalue weighted by atomic mass is 9.85. The van der Waals surface area contributed by atoms with Gasteiger partial charge in [0.2, 0.25) is 11.8 Å². The number of carbonyl (C=O) groups is 3. The van der Waals surface area contributed by atoms with Crippen molar-refractivity contribution in [2.45, 2.75) is 12.8 Å². The van der Waals surface area contributed by atoms with E-state index in [1.807, 2.05) is 12.2 Å². The summed E-state index contributed by atoms with van der Waals surface area (Å²) in [5.74, 6) is -2.46. The number of hydrogen-bond acceptors (Lipinski definition) is 4. The molecule has 0 N–H and O–H groups in total. The maximum atomic E-state index is 13.7. The van der Waals surface area contributed by atoms with E-state index in [1.165, 1.54) is 19.2 Å². The van der Waals surface area contributed by atoms with E-state index in [2.05, 4.69) is 0 Å². The summed E-state index contributed by atoms with van der Waals surface area (Å²) in [6.07, 6.45) is 4.82.